The van der Waals surface area contributed by atoms with Crippen molar-refractivity contribution in [3.8, 4) is 0 Å². The third-order valence-electron chi connectivity index (χ3n) is 6.43. The average molecular weight is 368 g/mol. The average Bonchev–Trinajstić information content (AvgIpc) is 3.24. The molecule has 2 aliphatic heterocycles. The fourth-order valence-electron chi connectivity index (χ4n) is 4.96. The molecule has 5 unspecified atom stereocenters. The predicted molar refractivity (Wildman–Crippen MR) is 94.4 cm³/mol. The van der Waals surface area contributed by atoms with E-state index in [4.69, 9.17) is 18.9 Å². The van der Waals surface area contributed by atoms with Gasteiger partial charge in [-0.25, -0.2) is 0 Å². The Morgan fingerprint density at radius 1 is 0.808 bits per heavy atom. The fourth-order valence-corrected chi connectivity index (χ4v) is 4.96. The molecule has 2 saturated heterocycles. The summed E-state index contributed by atoms with van der Waals surface area (Å²) in [6, 6.07) is 0. The lowest BCUT2D eigenvalue weighted by molar-refractivity contribution is -0.217. The Morgan fingerprint density at radius 3 is 2.00 bits per heavy atom. The molecular formula is C20H32O6. The van der Waals surface area contributed by atoms with Crippen LogP contribution in [0.5, 0.6) is 0 Å². The summed E-state index contributed by atoms with van der Waals surface area (Å²) >= 11 is 0. The van der Waals surface area contributed by atoms with Crippen LogP contribution in [0.25, 0.3) is 0 Å². The first-order chi connectivity index (χ1) is 12.6. The van der Waals surface area contributed by atoms with Gasteiger partial charge in [0, 0.05) is 25.7 Å². The highest BCUT2D eigenvalue weighted by molar-refractivity contribution is 5.01. The molecule has 26 heavy (non-hydrogen) atoms. The maximum Gasteiger partial charge on any atom is 0.169 e. The third kappa shape index (κ3) is 3.48. The third-order valence-corrected chi connectivity index (χ3v) is 6.43. The van der Waals surface area contributed by atoms with Crippen LogP contribution in [-0.4, -0.2) is 58.9 Å². The Morgan fingerprint density at radius 2 is 1.38 bits per heavy atom. The highest BCUT2D eigenvalue weighted by Crippen LogP contribution is 2.44. The van der Waals surface area contributed by atoms with Gasteiger partial charge < -0.3 is 29.2 Å². The number of hydrogen-bond acceptors (Lipinski definition) is 6. The zero-order valence-electron chi connectivity index (χ0n) is 15.5. The summed E-state index contributed by atoms with van der Waals surface area (Å²) in [6.45, 7) is 4.03. The van der Waals surface area contributed by atoms with Crippen molar-refractivity contribution in [3.63, 3.8) is 0 Å². The summed E-state index contributed by atoms with van der Waals surface area (Å²) in [4.78, 5) is 0. The van der Waals surface area contributed by atoms with E-state index < -0.39 is 42.1 Å². The molecule has 0 bridgehead atoms. The minimum Gasteiger partial charge on any atom is -0.387 e. The van der Waals surface area contributed by atoms with Gasteiger partial charge in [0.2, 0.25) is 0 Å². The lowest BCUT2D eigenvalue weighted by Gasteiger charge is -2.34. The predicted octanol–water partition coefficient (Wildman–Crippen LogP) is 2.41. The second-order valence-corrected chi connectivity index (χ2v) is 8.29. The lowest BCUT2D eigenvalue weighted by Crippen LogP contribution is -2.48. The quantitative estimate of drug-likeness (QED) is 0.742. The maximum atomic E-state index is 11.0. The number of rotatable bonds is 4. The SMILES string of the molecule is C=CC(O)C1OC2(CCCCC2)OC1C(O)C1COC2(CCCCC2)O1. The van der Waals surface area contributed by atoms with E-state index in [1.165, 1.54) is 18.9 Å². The molecule has 4 fully saturated rings. The second-order valence-electron chi connectivity index (χ2n) is 8.29. The van der Waals surface area contributed by atoms with E-state index in [2.05, 4.69) is 6.58 Å². The molecule has 0 amide bonds. The van der Waals surface area contributed by atoms with Crippen LogP contribution in [0.2, 0.25) is 0 Å². The van der Waals surface area contributed by atoms with Crippen molar-refractivity contribution in [2.75, 3.05) is 6.61 Å². The molecule has 2 aliphatic carbocycles. The summed E-state index contributed by atoms with van der Waals surface area (Å²) in [5.41, 5.74) is 0. The smallest absolute Gasteiger partial charge is 0.169 e. The van der Waals surface area contributed by atoms with Crippen LogP contribution in [0.1, 0.15) is 64.2 Å². The van der Waals surface area contributed by atoms with E-state index >= 15 is 0 Å². The first kappa shape index (κ1) is 18.8. The summed E-state index contributed by atoms with van der Waals surface area (Å²) in [7, 11) is 0. The molecule has 2 N–H and O–H groups in total. The van der Waals surface area contributed by atoms with Gasteiger partial charge in [-0.05, 0) is 25.7 Å². The van der Waals surface area contributed by atoms with Crippen molar-refractivity contribution in [2.24, 2.45) is 0 Å². The van der Waals surface area contributed by atoms with Gasteiger partial charge in [0.25, 0.3) is 0 Å². The van der Waals surface area contributed by atoms with E-state index in [1.54, 1.807) is 0 Å². The molecule has 5 atom stereocenters. The topological polar surface area (TPSA) is 77.4 Å². The Bertz CT molecular complexity index is 497. The monoisotopic (exact) mass is 368 g/mol. The van der Waals surface area contributed by atoms with Crippen LogP contribution in [0.4, 0.5) is 0 Å². The van der Waals surface area contributed by atoms with Gasteiger partial charge in [-0.15, -0.1) is 6.58 Å². The molecule has 148 valence electrons. The van der Waals surface area contributed by atoms with Crippen molar-refractivity contribution in [2.45, 2.75) is 106 Å². The molecule has 6 nitrogen and oxygen atoms in total. The van der Waals surface area contributed by atoms with Gasteiger partial charge >= 0.3 is 0 Å². The number of ether oxygens (including phenoxy) is 4. The van der Waals surface area contributed by atoms with Gasteiger partial charge in [0.05, 0.1) is 6.61 Å². The molecule has 0 radical (unpaired) electrons. The summed E-state index contributed by atoms with van der Waals surface area (Å²) in [5.74, 6) is -1.24. The van der Waals surface area contributed by atoms with Gasteiger partial charge in [-0.1, -0.05) is 18.9 Å². The normalized spacial score (nSPS) is 38.5. The molecule has 2 spiro atoms. The lowest BCUT2D eigenvalue weighted by atomic mass is 9.94. The van der Waals surface area contributed by atoms with Gasteiger partial charge in [-0.2, -0.15) is 0 Å². The van der Waals surface area contributed by atoms with E-state index in [0.29, 0.717) is 6.61 Å². The number of aliphatic hydroxyl groups excluding tert-OH is 2. The second kappa shape index (κ2) is 7.49. The molecule has 4 aliphatic rings. The Labute approximate surface area is 155 Å². The van der Waals surface area contributed by atoms with Gasteiger partial charge in [0.1, 0.15) is 30.5 Å². The Hall–Kier alpha value is -0.500. The molecule has 0 aromatic carbocycles. The number of aliphatic hydroxyl groups is 2. The van der Waals surface area contributed by atoms with Crippen molar-refractivity contribution in [1.29, 1.82) is 0 Å². The molecule has 2 heterocycles. The highest BCUT2D eigenvalue weighted by atomic mass is 16.8. The highest BCUT2D eigenvalue weighted by Gasteiger charge is 2.55. The van der Waals surface area contributed by atoms with Crippen LogP contribution in [0.3, 0.4) is 0 Å². The van der Waals surface area contributed by atoms with Crippen LogP contribution in [0.15, 0.2) is 12.7 Å². The molecule has 0 aromatic rings. The maximum absolute atomic E-state index is 11.0. The van der Waals surface area contributed by atoms with E-state index in [9.17, 15) is 10.2 Å². The zero-order chi connectivity index (χ0) is 18.2. The fraction of sp³-hybridized carbons (Fsp3) is 0.900. The molecule has 6 heteroatoms. The van der Waals surface area contributed by atoms with Gasteiger partial charge in [0.15, 0.2) is 11.6 Å². The minimum atomic E-state index is -0.905. The number of hydrogen-bond donors (Lipinski definition) is 2. The van der Waals surface area contributed by atoms with Crippen LogP contribution in [-0.2, 0) is 18.9 Å². The van der Waals surface area contributed by atoms with Crippen molar-refractivity contribution < 1.29 is 29.2 Å². The first-order valence-electron chi connectivity index (χ1n) is 10.2. The summed E-state index contributed by atoms with van der Waals surface area (Å²) in [5, 5.41) is 21.4. The van der Waals surface area contributed by atoms with Crippen LogP contribution < -0.4 is 0 Å². The van der Waals surface area contributed by atoms with Gasteiger partial charge in [-0.3, -0.25) is 0 Å². The van der Waals surface area contributed by atoms with Crippen LogP contribution >= 0.6 is 0 Å². The largest absolute Gasteiger partial charge is 0.387 e. The zero-order valence-corrected chi connectivity index (χ0v) is 15.5. The Balaban J connectivity index is 1.47. The minimum absolute atomic E-state index is 0.352. The van der Waals surface area contributed by atoms with Crippen molar-refractivity contribution in [3.05, 3.63) is 12.7 Å². The molecular weight excluding hydrogens is 336 g/mol. The molecule has 0 aromatic heterocycles. The summed E-state index contributed by atoms with van der Waals surface area (Å²) in [6.07, 6.45) is 7.88. The Kier molecular flexibility index (Phi) is 5.43. The standard InChI is InChI=1S/C20H32O6/c1-2-14(21)17-18(26-20(25-17)11-7-4-8-12-20)16(22)15-13-23-19(24-15)9-5-3-6-10-19/h2,14-18,21-22H,1,3-13H2. The summed E-state index contributed by atoms with van der Waals surface area (Å²) < 4.78 is 24.6. The van der Waals surface area contributed by atoms with E-state index in [-0.39, 0.29) is 0 Å². The van der Waals surface area contributed by atoms with Crippen molar-refractivity contribution in [1.82, 2.24) is 0 Å². The van der Waals surface area contributed by atoms with Crippen LogP contribution in [0, 0.1) is 0 Å². The van der Waals surface area contributed by atoms with E-state index in [1.807, 2.05) is 0 Å². The molecule has 2 saturated carbocycles. The first-order valence-corrected chi connectivity index (χ1v) is 10.2. The van der Waals surface area contributed by atoms with E-state index in [0.717, 1.165) is 51.4 Å². The van der Waals surface area contributed by atoms with Crippen molar-refractivity contribution >= 4 is 0 Å². The molecule has 4 rings (SSSR count).